The van der Waals surface area contributed by atoms with Gasteiger partial charge in [0.25, 0.3) is 5.56 Å². The molecule has 3 rings (SSSR count). The number of carbonyl (C=O) groups is 2. The molecule has 2 heterocycles. The number of hydrogen-bond acceptors (Lipinski definition) is 8. The fourth-order valence-electron chi connectivity index (χ4n) is 3.21. The van der Waals surface area contributed by atoms with Gasteiger partial charge in [0.2, 0.25) is 11.6 Å². The molecule has 1 amide bonds. The third-order valence-corrected chi connectivity index (χ3v) is 4.77. The molecular weight excluding hydrogens is 440 g/mol. The number of benzene rings is 1. The van der Waals surface area contributed by atoms with E-state index in [0.717, 1.165) is 0 Å². The summed E-state index contributed by atoms with van der Waals surface area (Å²) in [5.41, 5.74) is 0.0199. The molecule has 11 heteroatoms. The molecule has 0 aliphatic carbocycles. The topological polar surface area (TPSA) is 127 Å². The number of amides is 1. The Morgan fingerprint density at radius 2 is 2.09 bits per heavy atom. The molecule has 32 heavy (non-hydrogen) atoms. The van der Waals surface area contributed by atoms with Crippen molar-refractivity contribution in [1.82, 2.24) is 14.9 Å². The van der Waals surface area contributed by atoms with Gasteiger partial charge < -0.3 is 24.2 Å². The number of methoxy groups -OCH3 is 1. The molecule has 1 aromatic carbocycles. The van der Waals surface area contributed by atoms with Gasteiger partial charge in [-0.05, 0) is 39.1 Å². The second kappa shape index (κ2) is 9.84. The van der Waals surface area contributed by atoms with E-state index in [2.05, 4.69) is 15.3 Å². The summed E-state index contributed by atoms with van der Waals surface area (Å²) in [6.07, 6.45) is 0. The van der Waals surface area contributed by atoms with Crippen LogP contribution < -0.4 is 15.6 Å². The highest BCUT2D eigenvalue weighted by Crippen LogP contribution is 2.27. The fraction of sp³-hybridized carbons (Fsp3) is 0.333. The molecule has 0 bridgehead atoms. The van der Waals surface area contributed by atoms with Crippen LogP contribution in [0.25, 0.3) is 11.1 Å². The number of fused-ring (bicyclic) bond motifs is 1. The summed E-state index contributed by atoms with van der Waals surface area (Å²) in [5, 5.41) is 3.24. The maximum Gasteiger partial charge on any atom is 0.342 e. The van der Waals surface area contributed by atoms with Crippen molar-refractivity contribution < 1.29 is 23.5 Å². The standard InChI is InChI=1S/C21H23ClN4O6/c1-5-31-21(29)17-11(2)32-20-18(17)19(28)24-15(25-20)9-26(3)10-16(27)23-13-8-12(22)6-7-14(13)30-4/h6-8H,5,9-10H2,1-4H3,(H,23,27)(H,24,25,28). The zero-order chi connectivity index (χ0) is 23.4. The van der Waals surface area contributed by atoms with Crippen molar-refractivity contribution in [2.45, 2.75) is 20.4 Å². The third-order valence-electron chi connectivity index (χ3n) is 4.54. The van der Waals surface area contributed by atoms with E-state index >= 15 is 0 Å². The molecule has 170 valence electrons. The molecule has 0 saturated carbocycles. The van der Waals surface area contributed by atoms with Gasteiger partial charge >= 0.3 is 5.97 Å². The van der Waals surface area contributed by atoms with Crippen molar-refractivity contribution in [2.24, 2.45) is 0 Å². The summed E-state index contributed by atoms with van der Waals surface area (Å²) < 4.78 is 15.7. The molecule has 0 atom stereocenters. The zero-order valence-corrected chi connectivity index (χ0v) is 18.8. The van der Waals surface area contributed by atoms with Crippen molar-refractivity contribution in [2.75, 3.05) is 32.6 Å². The lowest BCUT2D eigenvalue weighted by atomic mass is 10.2. The van der Waals surface area contributed by atoms with Crippen molar-refractivity contribution >= 4 is 40.3 Å². The molecule has 0 aliphatic heterocycles. The molecule has 0 saturated heterocycles. The fourth-order valence-corrected chi connectivity index (χ4v) is 3.38. The lowest BCUT2D eigenvalue weighted by Crippen LogP contribution is -2.31. The average molecular weight is 463 g/mol. The van der Waals surface area contributed by atoms with Gasteiger partial charge in [0.05, 0.1) is 32.5 Å². The average Bonchev–Trinajstić information content (AvgIpc) is 3.04. The lowest BCUT2D eigenvalue weighted by molar-refractivity contribution is -0.117. The van der Waals surface area contributed by atoms with Crippen molar-refractivity contribution in [1.29, 1.82) is 0 Å². The highest BCUT2D eigenvalue weighted by molar-refractivity contribution is 6.31. The van der Waals surface area contributed by atoms with E-state index in [1.54, 1.807) is 44.0 Å². The smallest absolute Gasteiger partial charge is 0.342 e. The Hall–Kier alpha value is -3.37. The number of esters is 1. The number of nitrogens with one attached hydrogen (secondary N) is 2. The number of halogens is 1. The highest BCUT2D eigenvalue weighted by atomic mass is 35.5. The van der Waals surface area contributed by atoms with Crippen LogP contribution in [0.3, 0.4) is 0 Å². The van der Waals surface area contributed by atoms with E-state index in [-0.39, 0.29) is 53.9 Å². The van der Waals surface area contributed by atoms with Gasteiger partial charge in [0, 0.05) is 5.02 Å². The Labute approximate surface area is 188 Å². The van der Waals surface area contributed by atoms with Gasteiger partial charge in [-0.1, -0.05) is 11.6 Å². The first-order valence-corrected chi connectivity index (χ1v) is 10.1. The molecule has 2 N–H and O–H groups in total. The number of aromatic nitrogens is 2. The molecule has 2 aromatic heterocycles. The number of hydrogen-bond donors (Lipinski definition) is 2. The Bertz CT molecular complexity index is 1220. The highest BCUT2D eigenvalue weighted by Gasteiger charge is 2.24. The zero-order valence-electron chi connectivity index (χ0n) is 18.1. The van der Waals surface area contributed by atoms with E-state index in [0.29, 0.717) is 16.5 Å². The second-order valence-electron chi connectivity index (χ2n) is 7.01. The number of H-pyrrole nitrogens is 1. The van der Waals surface area contributed by atoms with E-state index in [1.807, 2.05) is 0 Å². The first kappa shape index (κ1) is 23.3. The number of carbonyl (C=O) groups excluding carboxylic acids is 2. The molecule has 0 aliphatic rings. The van der Waals surface area contributed by atoms with Crippen LogP contribution in [-0.4, -0.2) is 54.1 Å². The largest absolute Gasteiger partial charge is 0.495 e. The second-order valence-corrected chi connectivity index (χ2v) is 7.45. The maximum atomic E-state index is 12.6. The van der Waals surface area contributed by atoms with Gasteiger partial charge in [-0.3, -0.25) is 14.5 Å². The van der Waals surface area contributed by atoms with Crippen LogP contribution in [0.15, 0.2) is 27.4 Å². The summed E-state index contributed by atoms with van der Waals surface area (Å²) in [6, 6.07) is 4.90. The molecule has 0 spiro atoms. The Morgan fingerprint density at radius 3 is 2.78 bits per heavy atom. The van der Waals surface area contributed by atoms with Gasteiger partial charge in [-0.2, -0.15) is 4.98 Å². The van der Waals surface area contributed by atoms with Gasteiger partial charge in [0.1, 0.15) is 28.3 Å². The molecular formula is C21H23ClN4O6. The summed E-state index contributed by atoms with van der Waals surface area (Å²) in [4.78, 5) is 45.8. The quantitative estimate of drug-likeness (QED) is 0.489. The molecule has 0 fully saturated rings. The minimum Gasteiger partial charge on any atom is -0.495 e. The van der Waals surface area contributed by atoms with Crippen LogP contribution in [0.4, 0.5) is 5.69 Å². The summed E-state index contributed by atoms with van der Waals surface area (Å²) in [6.45, 7) is 3.56. The number of furan rings is 1. The normalized spacial score (nSPS) is 11.1. The number of aryl methyl sites for hydroxylation is 1. The third kappa shape index (κ3) is 5.09. The lowest BCUT2D eigenvalue weighted by Gasteiger charge is -2.16. The van der Waals surface area contributed by atoms with Crippen LogP contribution in [0.2, 0.25) is 5.02 Å². The summed E-state index contributed by atoms with van der Waals surface area (Å²) in [5.74, 6) is 0.0514. The van der Waals surface area contributed by atoms with E-state index in [9.17, 15) is 14.4 Å². The van der Waals surface area contributed by atoms with E-state index in [1.165, 1.54) is 7.11 Å². The summed E-state index contributed by atoms with van der Waals surface area (Å²) in [7, 11) is 3.18. The van der Waals surface area contributed by atoms with E-state index in [4.69, 9.17) is 25.5 Å². The molecule has 0 radical (unpaired) electrons. The predicted molar refractivity (Wildman–Crippen MR) is 118 cm³/mol. The Morgan fingerprint density at radius 1 is 1.34 bits per heavy atom. The van der Waals surface area contributed by atoms with Gasteiger partial charge in [-0.15, -0.1) is 0 Å². The van der Waals surface area contributed by atoms with E-state index < -0.39 is 11.5 Å². The van der Waals surface area contributed by atoms with Crippen LogP contribution >= 0.6 is 11.6 Å². The first-order chi connectivity index (χ1) is 15.2. The van der Waals surface area contributed by atoms with Crippen LogP contribution in [0.1, 0.15) is 28.9 Å². The molecule has 3 aromatic rings. The first-order valence-electron chi connectivity index (χ1n) is 9.74. The molecule has 0 unspecified atom stereocenters. The van der Waals surface area contributed by atoms with Crippen molar-refractivity contribution in [3.63, 3.8) is 0 Å². The Kier molecular flexibility index (Phi) is 7.16. The number of rotatable bonds is 8. The minimum atomic E-state index is -0.644. The number of aromatic amines is 1. The molecule has 10 nitrogen and oxygen atoms in total. The van der Waals surface area contributed by atoms with Crippen LogP contribution in [0, 0.1) is 6.92 Å². The summed E-state index contributed by atoms with van der Waals surface area (Å²) >= 11 is 5.99. The number of ether oxygens (including phenoxy) is 2. The van der Waals surface area contributed by atoms with Crippen LogP contribution in [-0.2, 0) is 16.1 Å². The number of likely N-dealkylation sites (N-methyl/N-ethyl adjacent to an activating group) is 1. The van der Waals surface area contributed by atoms with Gasteiger partial charge in [-0.25, -0.2) is 4.79 Å². The maximum absolute atomic E-state index is 12.6. The Balaban J connectivity index is 1.74. The van der Waals surface area contributed by atoms with Crippen molar-refractivity contribution in [3.05, 3.63) is 50.7 Å². The monoisotopic (exact) mass is 462 g/mol. The predicted octanol–water partition coefficient (Wildman–Crippen LogP) is 2.73. The number of nitrogens with zero attached hydrogens (tertiary/aromatic N) is 2. The number of anilines is 1. The minimum absolute atomic E-state index is 0.00265. The SMILES string of the molecule is CCOC(=O)c1c(C)oc2nc(CN(C)CC(=O)Nc3cc(Cl)ccc3OC)[nH]c(=O)c12. The van der Waals surface area contributed by atoms with Crippen molar-refractivity contribution in [3.8, 4) is 5.75 Å². The van der Waals surface area contributed by atoms with Gasteiger partial charge in [0.15, 0.2) is 0 Å². The van der Waals surface area contributed by atoms with Crippen LogP contribution in [0.5, 0.6) is 5.75 Å².